The number of halogens is 2. The first kappa shape index (κ1) is 17.0. The van der Waals surface area contributed by atoms with Crippen molar-refractivity contribution in [1.82, 2.24) is 15.1 Å². The summed E-state index contributed by atoms with van der Waals surface area (Å²) in [7, 11) is 0. The zero-order chi connectivity index (χ0) is 16.9. The molecule has 0 aliphatic rings. The second-order valence-electron chi connectivity index (χ2n) is 5.05. The van der Waals surface area contributed by atoms with Gasteiger partial charge in [0.15, 0.2) is 5.11 Å². The number of nitrogens with one attached hydrogen (secondary N) is 2. The molecule has 7 heteroatoms. The van der Waals surface area contributed by atoms with E-state index in [2.05, 4.69) is 31.7 Å². The molecule has 2 aromatic carbocycles. The van der Waals surface area contributed by atoms with E-state index in [-0.39, 0.29) is 0 Å². The second-order valence-corrected chi connectivity index (χ2v) is 6.78. The van der Waals surface area contributed by atoms with Crippen molar-refractivity contribution in [3.63, 3.8) is 0 Å². The van der Waals surface area contributed by atoms with Gasteiger partial charge in [0.2, 0.25) is 0 Å². The number of aromatic nitrogens is 2. The average Bonchev–Trinajstić information content (AvgIpc) is 3.11. The standard InChI is InChI=1S/C17H14BrClN4S/c18-13-4-7-16(15(19)10-13)22-17(24)20-11-12-2-5-14(6-3-12)23-9-1-8-21-23/h1-10H,11H2,(H2,20,22,24). The Bertz CT molecular complexity index is 834. The maximum Gasteiger partial charge on any atom is 0.171 e. The summed E-state index contributed by atoms with van der Waals surface area (Å²) in [6, 6.07) is 15.6. The van der Waals surface area contributed by atoms with Crippen LogP contribution in [0.3, 0.4) is 0 Å². The molecule has 1 heterocycles. The quantitative estimate of drug-likeness (QED) is 0.595. The lowest BCUT2D eigenvalue weighted by atomic mass is 10.2. The first-order valence-electron chi connectivity index (χ1n) is 7.21. The van der Waals surface area contributed by atoms with Gasteiger partial charge in [-0.05, 0) is 54.2 Å². The van der Waals surface area contributed by atoms with Crippen molar-refractivity contribution in [3.8, 4) is 5.69 Å². The minimum atomic E-state index is 0.523. The Labute approximate surface area is 159 Å². The van der Waals surface area contributed by atoms with E-state index in [0.29, 0.717) is 16.7 Å². The third-order valence-electron chi connectivity index (χ3n) is 3.34. The SMILES string of the molecule is S=C(NCc1ccc(-n2cccn2)cc1)Nc1ccc(Br)cc1Cl. The zero-order valence-corrected chi connectivity index (χ0v) is 15.7. The number of rotatable bonds is 4. The van der Waals surface area contributed by atoms with Crippen LogP contribution >= 0.6 is 39.7 Å². The molecule has 0 fully saturated rings. The Morgan fingerprint density at radius 3 is 2.67 bits per heavy atom. The van der Waals surface area contributed by atoms with E-state index in [1.807, 2.05) is 59.4 Å². The van der Waals surface area contributed by atoms with Crippen LogP contribution in [0.4, 0.5) is 5.69 Å². The first-order valence-corrected chi connectivity index (χ1v) is 8.78. The Balaban J connectivity index is 1.56. The van der Waals surface area contributed by atoms with Crippen molar-refractivity contribution < 1.29 is 0 Å². The van der Waals surface area contributed by atoms with Gasteiger partial charge in [-0.2, -0.15) is 5.10 Å². The third-order valence-corrected chi connectivity index (χ3v) is 4.39. The molecule has 0 spiro atoms. The van der Waals surface area contributed by atoms with Gasteiger partial charge in [-0.3, -0.25) is 0 Å². The van der Waals surface area contributed by atoms with Gasteiger partial charge < -0.3 is 10.6 Å². The summed E-state index contributed by atoms with van der Waals surface area (Å²) in [4.78, 5) is 0. The van der Waals surface area contributed by atoms with Crippen LogP contribution in [0.5, 0.6) is 0 Å². The molecule has 0 unspecified atom stereocenters. The van der Waals surface area contributed by atoms with Crippen molar-refractivity contribution in [2.75, 3.05) is 5.32 Å². The summed E-state index contributed by atoms with van der Waals surface area (Å²) in [5.74, 6) is 0. The number of nitrogens with zero attached hydrogens (tertiary/aromatic N) is 2. The predicted octanol–water partition coefficient (Wildman–Crippen LogP) is 4.77. The minimum absolute atomic E-state index is 0.523. The van der Waals surface area contributed by atoms with Gasteiger partial charge in [0, 0.05) is 23.4 Å². The number of thiocarbonyl (C=S) groups is 1. The van der Waals surface area contributed by atoms with E-state index in [9.17, 15) is 0 Å². The fourth-order valence-electron chi connectivity index (χ4n) is 2.13. The topological polar surface area (TPSA) is 41.9 Å². The van der Waals surface area contributed by atoms with Crippen LogP contribution in [0.1, 0.15) is 5.56 Å². The molecule has 3 aromatic rings. The molecule has 0 amide bonds. The lowest BCUT2D eigenvalue weighted by Gasteiger charge is -2.12. The van der Waals surface area contributed by atoms with Gasteiger partial charge in [-0.1, -0.05) is 39.7 Å². The smallest absolute Gasteiger partial charge is 0.171 e. The molecule has 4 nitrogen and oxygen atoms in total. The average molecular weight is 422 g/mol. The van der Waals surface area contributed by atoms with Crippen LogP contribution in [0.15, 0.2) is 65.4 Å². The Morgan fingerprint density at radius 2 is 2.00 bits per heavy atom. The molecule has 24 heavy (non-hydrogen) atoms. The third kappa shape index (κ3) is 4.35. The predicted molar refractivity (Wildman–Crippen MR) is 106 cm³/mol. The fourth-order valence-corrected chi connectivity index (χ4v) is 3.03. The minimum Gasteiger partial charge on any atom is -0.358 e. The molecule has 2 N–H and O–H groups in total. The van der Waals surface area contributed by atoms with Crippen molar-refractivity contribution in [2.24, 2.45) is 0 Å². The van der Waals surface area contributed by atoms with E-state index in [4.69, 9.17) is 23.8 Å². The van der Waals surface area contributed by atoms with E-state index in [1.54, 1.807) is 6.20 Å². The summed E-state index contributed by atoms with van der Waals surface area (Å²) in [6.07, 6.45) is 3.67. The van der Waals surface area contributed by atoms with E-state index in [0.717, 1.165) is 21.4 Å². The Kier molecular flexibility index (Phi) is 5.50. The number of benzene rings is 2. The molecular weight excluding hydrogens is 408 g/mol. The molecule has 0 saturated carbocycles. The highest BCUT2D eigenvalue weighted by atomic mass is 79.9. The maximum absolute atomic E-state index is 6.17. The maximum atomic E-state index is 6.17. The van der Waals surface area contributed by atoms with E-state index < -0.39 is 0 Å². The number of hydrogen-bond acceptors (Lipinski definition) is 2. The lowest BCUT2D eigenvalue weighted by Crippen LogP contribution is -2.28. The van der Waals surface area contributed by atoms with Crippen molar-refractivity contribution in [2.45, 2.75) is 6.54 Å². The fraction of sp³-hybridized carbons (Fsp3) is 0.0588. The molecule has 1 aromatic heterocycles. The largest absolute Gasteiger partial charge is 0.358 e. The normalized spacial score (nSPS) is 10.4. The zero-order valence-electron chi connectivity index (χ0n) is 12.5. The monoisotopic (exact) mass is 420 g/mol. The van der Waals surface area contributed by atoms with Crippen LogP contribution in [0.2, 0.25) is 5.02 Å². The van der Waals surface area contributed by atoms with Crippen molar-refractivity contribution in [1.29, 1.82) is 0 Å². The molecular formula is C17H14BrClN4S. The van der Waals surface area contributed by atoms with Gasteiger partial charge in [0.1, 0.15) is 0 Å². The molecule has 0 radical (unpaired) electrons. The van der Waals surface area contributed by atoms with Crippen molar-refractivity contribution >= 4 is 50.5 Å². The molecule has 0 aliphatic heterocycles. The molecule has 0 saturated heterocycles. The highest BCUT2D eigenvalue weighted by Gasteiger charge is 2.04. The van der Waals surface area contributed by atoms with Crippen LogP contribution in [0.25, 0.3) is 5.69 Å². The molecule has 122 valence electrons. The molecule has 3 rings (SSSR count). The lowest BCUT2D eigenvalue weighted by molar-refractivity contribution is 0.874. The van der Waals surface area contributed by atoms with Gasteiger partial charge in [0.25, 0.3) is 0 Å². The number of hydrogen-bond donors (Lipinski definition) is 2. The Morgan fingerprint density at radius 1 is 1.21 bits per heavy atom. The van der Waals surface area contributed by atoms with E-state index in [1.165, 1.54) is 0 Å². The van der Waals surface area contributed by atoms with Gasteiger partial charge >= 0.3 is 0 Å². The summed E-state index contributed by atoms with van der Waals surface area (Å²) in [6.45, 7) is 0.624. The van der Waals surface area contributed by atoms with Crippen LogP contribution in [-0.4, -0.2) is 14.9 Å². The summed E-state index contributed by atoms with van der Waals surface area (Å²) in [5, 5.41) is 11.6. The van der Waals surface area contributed by atoms with Crippen LogP contribution < -0.4 is 10.6 Å². The molecule has 0 atom stereocenters. The van der Waals surface area contributed by atoms with Gasteiger partial charge in [-0.15, -0.1) is 0 Å². The highest BCUT2D eigenvalue weighted by Crippen LogP contribution is 2.25. The van der Waals surface area contributed by atoms with Crippen molar-refractivity contribution in [3.05, 3.63) is 76.0 Å². The van der Waals surface area contributed by atoms with E-state index >= 15 is 0 Å². The molecule has 0 bridgehead atoms. The second kappa shape index (κ2) is 7.79. The van der Waals surface area contributed by atoms with Gasteiger partial charge in [0.05, 0.1) is 16.4 Å². The summed E-state index contributed by atoms with van der Waals surface area (Å²) < 4.78 is 2.74. The number of anilines is 1. The highest BCUT2D eigenvalue weighted by molar-refractivity contribution is 9.10. The Hall–Kier alpha value is -1.89. The first-order chi connectivity index (χ1) is 11.6. The van der Waals surface area contributed by atoms with Crippen LogP contribution in [-0.2, 0) is 6.54 Å². The summed E-state index contributed by atoms with van der Waals surface area (Å²) >= 11 is 14.9. The summed E-state index contributed by atoms with van der Waals surface area (Å²) in [5.41, 5.74) is 2.91. The molecule has 0 aliphatic carbocycles. The van der Waals surface area contributed by atoms with Gasteiger partial charge in [-0.25, -0.2) is 4.68 Å². The van der Waals surface area contributed by atoms with Crippen LogP contribution in [0, 0.1) is 0 Å².